The van der Waals surface area contributed by atoms with Gasteiger partial charge in [-0.1, -0.05) is 0 Å². The fraction of sp³-hybridized carbons (Fsp3) is 0.647. The van der Waals surface area contributed by atoms with E-state index in [0.29, 0.717) is 12.1 Å². The van der Waals surface area contributed by atoms with Gasteiger partial charge in [-0.15, -0.1) is 0 Å². The van der Waals surface area contributed by atoms with Crippen LogP contribution in [0.25, 0.3) is 0 Å². The molecule has 124 valence electrons. The molecule has 0 aliphatic carbocycles. The van der Waals surface area contributed by atoms with Gasteiger partial charge in [0.05, 0.1) is 11.3 Å². The Morgan fingerprint density at radius 2 is 1.83 bits per heavy atom. The molecule has 2 aliphatic heterocycles. The van der Waals surface area contributed by atoms with Crippen molar-refractivity contribution in [3.05, 3.63) is 23.3 Å². The topological polar surface area (TPSA) is 66.4 Å². The summed E-state index contributed by atoms with van der Waals surface area (Å²) < 4.78 is 0. The first kappa shape index (κ1) is 15.9. The average Bonchev–Trinajstić information content (AvgIpc) is 3.08. The molecule has 0 aromatic carbocycles. The van der Waals surface area contributed by atoms with Crippen molar-refractivity contribution in [2.75, 3.05) is 26.2 Å². The van der Waals surface area contributed by atoms with Crippen LogP contribution in [-0.2, 0) is 4.79 Å². The molecular formula is C17H24N4O2. The van der Waals surface area contributed by atoms with Gasteiger partial charge in [0, 0.05) is 45.2 Å². The maximum absolute atomic E-state index is 12.5. The van der Waals surface area contributed by atoms with Crippen molar-refractivity contribution in [2.45, 2.75) is 45.4 Å². The number of rotatable bonds is 2. The molecule has 2 aliphatic rings. The molecule has 2 amide bonds. The van der Waals surface area contributed by atoms with E-state index < -0.39 is 0 Å². The summed E-state index contributed by atoms with van der Waals surface area (Å²) in [6, 6.07) is 0. The zero-order chi connectivity index (χ0) is 16.4. The van der Waals surface area contributed by atoms with E-state index in [2.05, 4.69) is 9.97 Å². The average molecular weight is 316 g/mol. The highest BCUT2D eigenvalue weighted by Crippen LogP contribution is 2.25. The molecule has 3 rings (SSSR count). The summed E-state index contributed by atoms with van der Waals surface area (Å²) >= 11 is 0. The number of hydrogen-bond donors (Lipinski definition) is 0. The van der Waals surface area contributed by atoms with Crippen LogP contribution in [0, 0.1) is 6.92 Å². The van der Waals surface area contributed by atoms with Crippen molar-refractivity contribution in [2.24, 2.45) is 0 Å². The number of aryl methyl sites for hydroxylation is 1. The molecule has 1 aromatic heterocycles. The third-order valence-electron chi connectivity index (χ3n) is 4.85. The van der Waals surface area contributed by atoms with Crippen LogP contribution in [-0.4, -0.2) is 57.8 Å². The quantitative estimate of drug-likeness (QED) is 0.833. The molecule has 0 unspecified atom stereocenters. The Kier molecular flexibility index (Phi) is 4.59. The van der Waals surface area contributed by atoms with E-state index in [4.69, 9.17) is 0 Å². The van der Waals surface area contributed by atoms with Crippen molar-refractivity contribution in [1.82, 2.24) is 19.8 Å². The second-order valence-corrected chi connectivity index (χ2v) is 6.53. The van der Waals surface area contributed by atoms with Gasteiger partial charge >= 0.3 is 0 Å². The number of carbonyl (C=O) groups excluding carboxylic acids is 2. The molecule has 2 saturated heterocycles. The Bertz CT molecular complexity index is 611. The lowest BCUT2D eigenvalue weighted by molar-refractivity contribution is -0.130. The van der Waals surface area contributed by atoms with Crippen molar-refractivity contribution in [3.8, 4) is 0 Å². The van der Waals surface area contributed by atoms with Crippen LogP contribution in [0.4, 0.5) is 0 Å². The molecule has 23 heavy (non-hydrogen) atoms. The summed E-state index contributed by atoms with van der Waals surface area (Å²) in [6.07, 6.45) is 5.79. The first-order valence-corrected chi connectivity index (χ1v) is 8.44. The number of nitrogens with zero attached hydrogens (tertiary/aromatic N) is 4. The second kappa shape index (κ2) is 6.64. The van der Waals surface area contributed by atoms with Crippen molar-refractivity contribution in [1.29, 1.82) is 0 Å². The maximum Gasteiger partial charge on any atom is 0.257 e. The van der Waals surface area contributed by atoms with Gasteiger partial charge in [-0.25, -0.2) is 9.97 Å². The van der Waals surface area contributed by atoms with Gasteiger partial charge in [-0.2, -0.15) is 0 Å². The number of amides is 2. The molecule has 2 fully saturated rings. The van der Waals surface area contributed by atoms with Crippen LogP contribution in [0.3, 0.4) is 0 Å². The molecule has 3 heterocycles. The Hall–Kier alpha value is -1.98. The normalized spacial score (nSPS) is 21.6. The van der Waals surface area contributed by atoms with Crippen LogP contribution in [0.15, 0.2) is 6.20 Å². The number of likely N-dealkylation sites (tertiary alicyclic amines) is 2. The number of carbonyl (C=O) groups is 2. The van der Waals surface area contributed by atoms with E-state index in [9.17, 15) is 9.59 Å². The van der Waals surface area contributed by atoms with Gasteiger partial charge in [0.1, 0.15) is 5.82 Å². The van der Waals surface area contributed by atoms with E-state index in [1.165, 1.54) is 0 Å². The number of aromatic nitrogens is 2. The Morgan fingerprint density at radius 1 is 1.13 bits per heavy atom. The van der Waals surface area contributed by atoms with Crippen LogP contribution >= 0.6 is 0 Å². The molecule has 0 saturated carbocycles. The standard InChI is InChI=1S/C17H24N4O2/c1-12-15(17(23)20-7-3-4-8-20)10-18-16(19-12)14-6-5-9-21(11-14)13(2)22/h10,14H,3-9,11H2,1-2H3/t14-/m0/s1. The molecular weight excluding hydrogens is 292 g/mol. The minimum atomic E-state index is 0.0422. The van der Waals surface area contributed by atoms with Gasteiger partial charge in [-0.05, 0) is 32.6 Å². The van der Waals surface area contributed by atoms with Crippen molar-refractivity contribution >= 4 is 11.8 Å². The highest BCUT2D eigenvalue weighted by Gasteiger charge is 2.27. The third-order valence-corrected chi connectivity index (χ3v) is 4.85. The highest BCUT2D eigenvalue weighted by molar-refractivity contribution is 5.95. The molecule has 1 atom stereocenters. The Balaban J connectivity index is 1.76. The second-order valence-electron chi connectivity index (χ2n) is 6.53. The summed E-state index contributed by atoms with van der Waals surface area (Å²) in [5, 5.41) is 0. The van der Waals surface area contributed by atoms with Crippen molar-refractivity contribution in [3.63, 3.8) is 0 Å². The largest absolute Gasteiger partial charge is 0.342 e. The van der Waals surface area contributed by atoms with Gasteiger partial charge < -0.3 is 9.80 Å². The molecule has 0 radical (unpaired) electrons. The lowest BCUT2D eigenvalue weighted by atomic mass is 9.97. The zero-order valence-electron chi connectivity index (χ0n) is 13.9. The summed E-state index contributed by atoms with van der Waals surface area (Å²) in [5.41, 5.74) is 1.35. The Morgan fingerprint density at radius 3 is 2.48 bits per heavy atom. The smallest absolute Gasteiger partial charge is 0.257 e. The molecule has 6 heteroatoms. The number of hydrogen-bond acceptors (Lipinski definition) is 4. The first-order valence-electron chi connectivity index (χ1n) is 8.44. The fourth-order valence-electron chi connectivity index (χ4n) is 3.46. The zero-order valence-corrected chi connectivity index (χ0v) is 13.9. The summed E-state index contributed by atoms with van der Waals surface area (Å²) in [5.74, 6) is 1.07. The van der Waals surface area contributed by atoms with Gasteiger partial charge in [0.2, 0.25) is 5.91 Å². The third kappa shape index (κ3) is 3.35. The van der Waals surface area contributed by atoms with E-state index in [1.54, 1.807) is 13.1 Å². The summed E-state index contributed by atoms with van der Waals surface area (Å²) in [4.78, 5) is 36.8. The maximum atomic E-state index is 12.5. The highest BCUT2D eigenvalue weighted by atomic mass is 16.2. The van der Waals surface area contributed by atoms with Crippen LogP contribution < -0.4 is 0 Å². The predicted molar refractivity (Wildman–Crippen MR) is 86.1 cm³/mol. The van der Waals surface area contributed by atoms with E-state index >= 15 is 0 Å². The predicted octanol–water partition coefficient (Wildman–Crippen LogP) is 1.75. The van der Waals surface area contributed by atoms with Crippen LogP contribution in [0.2, 0.25) is 0 Å². The fourth-order valence-corrected chi connectivity index (χ4v) is 3.46. The summed E-state index contributed by atoms with van der Waals surface area (Å²) in [6.45, 7) is 6.63. The molecule has 6 nitrogen and oxygen atoms in total. The van der Waals surface area contributed by atoms with Gasteiger partial charge in [0.15, 0.2) is 0 Å². The van der Waals surface area contributed by atoms with E-state index in [0.717, 1.165) is 56.8 Å². The van der Waals surface area contributed by atoms with Gasteiger partial charge in [-0.3, -0.25) is 9.59 Å². The lowest BCUT2D eigenvalue weighted by Gasteiger charge is -2.31. The number of piperidine rings is 1. The first-order chi connectivity index (χ1) is 11.1. The minimum Gasteiger partial charge on any atom is -0.342 e. The SMILES string of the molecule is CC(=O)N1CCC[C@H](c2ncc(C(=O)N3CCCC3)c(C)n2)C1. The lowest BCUT2D eigenvalue weighted by Crippen LogP contribution is -2.38. The molecule has 0 bridgehead atoms. The molecule has 0 spiro atoms. The van der Waals surface area contributed by atoms with E-state index in [1.807, 2.05) is 16.7 Å². The minimum absolute atomic E-state index is 0.0422. The van der Waals surface area contributed by atoms with Crippen molar-refractivity contribution < 1.29 is 9.59 Å². The monoisotopic (exact) mass is 316 g/mol. The van der Waals surface area contributed by atoms with Gasteiger partial charge in [0.25, 0.3) is 5.91 Å². The summed E-state index contributed by atoms with van der Waals surface area (Å²) in [7, 11) is 0. The van der Waals surface area contributed by atoms with Crippen LogP contribution in [0.5, 0.6) is 0 Å². The Labute approximate surface area is 136 Å². The van der Waals surface area contributed by atoms with E-state index in [-0.39, 0.29) is 17.7 Å². The van der Waals surface area contributed by atoms with Crippen LogP contribution in [0.1, 0.15) is 60.4 Å². The molecule has 1 aromatic rings. The molecule has 0 N–H and O–H groups in total.